The van der Waals surface area contributed by atoms with Crippen LogP contribution in [0.2, 0.25) is 0 Å². The van der Waals surface area contributed by atoms with Gasteiger partial charge in [0.15, 0.2) is 5.82 Å². The lowest BCUT2D eigenvalue weighted by Crippen LogP contribution is -2.35. The van der Waals surface area contributed by atoms with Crippen LogP contribution in [0.1, 0.15) is 6.92 Å². The van der Waals surface area contributed by atoms with Crippen LogP contribution < -0.4 is 10.6 Å². The van der Waals surface area contributed by atoms with Crippen LogP contribution in [0.15, 0.2) is 16.5 Å². The Hall–Kier alpha value is -1.85. The molecule has 0 unspecified atom stereocenters. The predicted molar refractivity (Wildman–Crippen MR) is 56.4 cm³/mol. The lowest BCUT2D eigenvalue weighted by molar-refractivity contribution is -0.114. The van der Waals surface area contributed by atoms with E-state index in [2.05, 4.69) is 15.6 Å². The zero-order chi connectivity index (χ0) is 11.4. The summed E-state index contributed by atoms with van der Waals surface area (Å²) in [6.07, 6.45) is 1.54. The van der Waals surface area contributed by atoms with Crippen LogP contribution in [-0.4, -0.2) is 43.6 Å². The highest BCUT2D eigenvalue weighted by Gasteiger charge is 2.25. The Bertz CT molecular complexity index is 346. The Labute approximate surface area is 88.0 Å². The first-order chi connectivity index (χ1) is 7.11. The molecule has 0 radical (unpaired) electrons. The Morgan fingerprint density at radius 2 is 2.20 bits per heavy atom. The molecular weight excluding hydrogens is 196 g/mol. The highest BCUT2D eigenvalue weighted by atomic mass is 16.2. The normalized spacial score (nSPS) is 18.2. The van der Waals surface area contributed by atoms with Gasteiger partial charge in [-0.25, -0.2) is 9.79 Å². The largest absolute Gasteiger partial charge is 0.382 e. The van der Waals surface area contributed by atoms with Gasteiger partial charge in [-0.3, -0.25) is 9.69 Å². The second kappa shape index (κ2) is 4.59. The predicted octanol–water partition coefficient (Wildman–Crippen LogP) is -0.310. The van der Waals surface area contributed by atoms with Crippen LogP contribution in [0.25, 0.3) is 0 Å². The standard InChI is InChI=1S/C9H14N4O2/c1-4-11-8-7(10-2)6(14)5-12-9(15)13(8)3/h4,10H,5H2,1-3H3,(H,12,15)/b11-4-. The highest BCUT2D eigenvalue weighted by Crippen LogP contribution is 2.11. The number of hydrogen-bond acceptors (Lipinski definition) is 4. The molecule has 2 amide bonds. The highest BCUT2D eigenvalue weighted by molar-refractivity contribution is 6.01. The first kappa shape index (κ1) is 11.2. The van der Waals surface area contributed by atoms with E-state index in [0.29, 0.717) is 11.5 Å². The van der Waals surface area contributed by atoms with Gasteiger partial charge in [-0.1, -0.05) is 0 Å². The molecule has 0 fully saturated rings. The van der Waals surface area contributed by atoms with E-state index in [4.69, 9.17) is 0 Å². The summed E-state index contributed by atoms with van der Waals surface area (Å²) in [6.45, 7) is 1.71. The van der Waals surface area contributed by atoms with Crippen molar-refractivity contribution < 1.29 is 9.59 Å². The number of carbonyl (C=O) groups is 2. The van der Waals surface area contributed by atoms with Crippen LogP contribution in [0, 0.1) is 0 Å². The van der Waals surface area contributed by atoms with Crippen LogP contribution in [0.4, 0.5) is 4.79 Å². The van der Waals surface area contributed by atoms with E-state index in [1.54, 1.807) is 21.0 Å². The maximum absolute atomic E-state index is 11.6. The van der Waals surface area contributed by atoms with Gasteiger partial charge in [0.2, 0.25) is 5.78 Å². The summed E-state index contributed by atoms with van der Waals surface area (Å²) < 4.78 is 0. The van der Waals surface area contributed by atoms with Gasteiger partial charge >= 0.3 is 6.03 Å². The first-order valence-electron chi connectivity index (χ1n) is 4.57. The average molecular weight is 210 g/mol. The molecule has 0 saturated carbocycles. The maximum Gasteiger partial charge on any atom is 0.323 e. The van der Waals surface area contributed by atoms with Gasteiger partial charge in [0.25, 0.3) is 0 Å². The number of Topliss-reactive ketones (excluding diaryl/α,β-unsaturated/α-hetero) is 1. The second-order valence-corrected chi connectivity index (χ2v) is 2.98. The number of carbonyl (C=O) groups excluding carboxylic acids is 2. The van der Waals surface area contributed by atoms with E-state index in [1.165, 1.54) is 11.1 Å². The number of likely N-dealkylation sites (N-methyl/N-ethyl adjacent to an activating group) is 1. The Morgan fingerprint density at radius 3 is 2.73 bits per heavy atom. The molecule has 0 aliphatic carbocycles. The lowest BCUT2D eigenvalue weighted by Gasteiger charge is -2.16. The van der Waals surface area contributed by atoms with Crippen molar-refractivity contribution in [2.75, 3.05) is 20.6 Å². The van der Waals surface area contributed by atoms with Crippen molar-refractivity contribution >= 4 is 18.0 Å². The summed E-state index contributed by atoms with van der Waals surface area (Å²) in [4.78, 5) is 28.3. The zero-order valence-corrected chi connectivity index (χ0v) is 9.00. The number of rotatable bonds is 2. The van der Waals surface area contributed by atoms with Crippen LogP contribution >= 0.6 is 0 Å². The van der Waals surface area contributed by atoms with Gasteiger partial charge in [0.1, 0.15) is 5.70 Å². The zero-order valence-electron chi connectivity index (χ0n) is 9.00. The van der Waals surface area contributed by atoms with Crippen molar-refractivity contribution in [1.29, 1.82) is 0 Å². The molecule has 0 aromatic heterocycles. The third kappa shape index (κ3) is 2.15. The van der Waals surface area contributed by atoms with E-state index in [0.717, 1.165) is 0 Å². The molecule has 6 heteroatoms. The number of aliphatic imine (C=N–C) groups is 1. The van der Waals surface area contributed by atoms with E-state index < -0.39 is 0 Å². The molecule has 0 bridgehead atoms. The molecule has 2 N–H and O–H groups in total. The number of urea groups is 1. The smallest absolute Gasteiger partial charge is 0.323 e. The fraction of sp³-hybridized carbons (Fsp3) is 0.444. The molecule has 6 nitrogen and oxygen atoms in total. The molecule has 1 heterocycles. The van der Waals surface area contributed by atoms with Gasteiger partial charge in [0.05, 0.1) is 6.54 Å². The minimum Gasteiger partial charge on any atom is -0.382 e. The summed E-state index contributed by atoms with van der Waals surface area (Å²) in [5.74, 6) is 0.149. The minimum atomic E-state index is -0.339. The summed E-state index contributed by atoms with van der Waals surface area (Å²) in [7, 11) is 3.19. The van der Waals surface area contributed by atoms with Gasteiger partial charge in [-0.15, -0.1) is 0 Å². The topological polar surface area (TPSA) is 73.8 Å². The van der Waals surface area contributed by atoms with Crippen molar-refractivity contribution in [1.82, 2.24) is 15.5 Å². The fourth-order valence-corrected chi connectivity index (χ4v) is 1.28. The molecule has 0 atom stereocenters. The van der Waals surface area contributed by atoms with E-state index >= 15 is 0 Å². The Morgan fingerprint density at radius 1 is 1.53 bits per heavy atom. The maximum atomic E-state index is 11.6. The molecule has 0 saturated heterocycles. The Balaban J connectivity index is 3.23. The molecule has 1 aliphatic rings. The van der Waals surface area contributed by atoms with Crippen LogP contribution in [-0.2, 0) is 4.79 Å². The minimum absolute atomic E-state index is 0.0118. The van der Waals surface area contributed by atoms with E-state index in [9.17, 15) is 9.59 Å². The van der Waals surface area contributed by atoms with Crippen molar-refractivity contribution in [2.45, 2.75) is 6.92 Å². The van der Waals surface area contributed by atoms with E-state index in [1.807, 2.05) is 0 Å². The lowest BCUT2D eigenvalue weighted by atomic mass is 10.3. The first-order valence-corrected chi connectivity index (χ1v) is 4.57. The van der Waals surface area contributed by atoms with E-state index in [-0.39, 0.29) is 18.4 Å². The number of hydrogen-bond donors (Lipinski definition) is 2. The summed E-state index contributed by atoms with van der Waals surface area (Å²) in [5, 5.41) is 5.24. The average Bonchev–Trinajstić information content (AvgIpc) is 2.32. The third-order valence-corrected chi connectivity index (χ3v) is 2.03. The SMILES string of the molecule is C/C=N\C1=C(NC)C(=O)CNC(=O)N1C. The molecule has 1 aliphatic heterocycles. The van der Waals surface area contributed by atoms with Crippen molar-refractivity contribution in [3.63, 3.8) is 0 Å². The number of amides is 2. The van der Waals surface area contributed by atoms with Gasteiger partial charge in [0, 0.05) is 20.3 Å². The summed E-state index contributed by atoms with van der Waals surface area (Å²) >= 11 is 0. The number of ketones is 1. The van der Waals surface area contributed by atoms with Crippen molar-refractivity contribution in [3.05, 3.63) is 11.5 Å². The van der Waals surface area contributed by atoms with Crippen LogP contribution in [0.3, 0.4) is 0 Å². The third-order valence-electron chi connectivity index (χ3n) is 2.03. The van der Waals surface area contributed by atoms with Crippen LogP contribution in [0.5, 0.6) is 0 Å². The Kier molecular flexibility index (Phi) is 3.43. The fourth-order valence-electron chi connectivity index (χ4n) is 1.28. The monoisotopic (exact) mass is 210 g/mol. The molecule has 15 heavy (non-hydrogen) atoms. The van der Waals surface area contributed by atoms with Gasteiger partial charge in [-0.05, 0) is 6.92 Å². The van der Waals surface area contributed by atoms with Gasteiger partial charge in [-0.2, -0.15) is 0 Å². The molecule has 0 aromatic carbocycles. The molecule has 0 spiro atoms. The molecule has 82 valence electrons. The van der Waals surface area contributed by atoms with Crippen molar-refractivity contribution in [2.24, 2.45) is 4.99 Å². The molecular formula is C9H14N4O2. The quantitative estimate of drug-likeness (QED) is 0.614. The second-order valence-electron chi connectivity index (χ2n) is 2.98. The molecule has 1 rings (SSSR count). The van der Waals surface area contributed by atoms with Crippen molar-refractivity contribution in [3.8, 4) is 0 Å². The number of nitrogens with one attached hydrogen (secondary N) is 2. The van der Waals surface area contributed by atoms with Gasteiger partial charge < -0.3 is 10.6 Å². The number of nitrogens with zero attached hydrogens (tertiary/aromatic N) is 2. The summed E-state index contributed by atoms with van der Waals surface area (Å²) in [5.41, 5.74) is 0.342. The summed E-state index contributed by atoms with van der Waals surface area (Å²) in [6, 6.07) is -0.339. The molecule has 0 aromatic rings.